The molecule has 0 spiro atoms. The Balaban J connectivity index is 2.26. The second-order valence-electron chi connectivity index (χ2n) is 5.51. The zero-order valence-corrected chi connectivity index (χ0v) is 16.0. The molecule has 0 bridgehead atoms. The van der Waals surface area contributed by atoms with Gasteiger partial charge in [-0.05, 0) is 54.1 Å². The van der Waals surface area contributed by atoms with Crippen molar-refractivity contribution in [1.82, 2.24) is 19.7 Å². The first kappa shape index (κ1) is 16.9. The van der Waals surface area contributed by atoms with Crippen LogP contribution >= 0.6 is 22.6 Å². The topological polar surface area (TPSA) is 72.8 Å². The summed E-state index contributed by atoms with van der Waals surface area (Å²) in [4.78, 5) is 20.2. The van der Waals surface area contributed by atoms with Crippen LogP contribution in [0.5, 0.6) is 5.75 Å². The lowest BCUT2D eigenvalue weighted by atomic mass is 10.1. The molecule has 0 amide bonds. The molecule has 0 aliphatic rings. The van der Waals surface area contributed by atoms with Gasteiger partial charge < -0.3 is 9.72 Å². The number of nitrogens with zero attached hydrogens (tertiary/aromatic N) is 3. The van der Waals surface area contributed by atoms with Crippen molar-refractivity contribution < 1.29 is 4.74 Å². The summed E-state index contributed by atoms with van der Waals surface area (Å²) in [5.41, 5.74) is 2.62. The van der Waals surface area contributed by atoms with Crippen molar-refractivity contribution in [3.63, 3.8) is 0 Å². The lowest BCUT2D eigenvalue weighted by molar-refractivity contribution is 0.341. The molecule has 0 saturated heterocycles. The third-order valence-corrected chi connectivity index (χ3v) is 4.42. The van der Waals surface area contributed by atoms with Gasteiger partial charge in [0.2, 0.25) is 0 Å². The normalized spacial score (nSPS) is 11.2. The maximum Gasteiger partial charge on any atom is 0.277 e. The van der Waals surface area contributed by atoms with Crippen LogP contribution in [0.2, 0.25) is 0 Å². The molecule has 0 saturated carbocycles. The van der Waals surface area contributed by atoms with Crippen molar-refractivity contribution in [2.45, 2.75) is 26.7 Å². The molecule has 0 aliphatic heterocycles. The minimum absolute atomic E-state index is 0.186. The second kappa shape index (κ2) is 6.92. The van der Waals surface area contributed by atoms with E-state index in [0.29, 0.717) is 29.2 Å². The molecule has 0 aliphatic carbocycles. The molecule has 3 rings (SSSR count). The number of ether oxygens (including phenoxy) is 1. The van der Waals surface area contributed by atoms with E-state index in [4.69, 9.17) is 9.72 Å². The van der Waals surface area contributed by atoms with Gasteiger partial charge in [-0.25, -0.2) is 4.98 Å². The van der Waals surface area contributed by atoms with Gasteiger partial charge in [-0.2, -0.15) is 5.10 Å². The van der Waals surface area contributed by atoms with Gasteiger partial charge in [0.1, 0.15) is 17.1 Å². The van der Waals surface area contributed by atoms with Crippen LogP contribution in [0.1, 0.15) is 26.0 Å². The van der Waals surface area contributed by atoms with E-state index in [1.54, 1.807) is 11.7 Å². The first-order valence-electron chi connectivity index (χ1n) is 7.93. The van der Waals surface area contributed by atoms with Crippen molar-refractivity contribution in [2.75, 3.05) is 6.61 Å². The molecule has 1 aromatic carbocycles. The van der Waals surface area contributed by atoms with Gasteiger partial charge in [0.15, 0.2) is 5.52 Å². The Morgan fingerprint density at radius 2 is 2.12 bits per heavy atom. The fourth-order valence-electron chi connectivity index (χ4n) is 2.75. The Bertz CT molecular complexity index is 946. The Hall–Kier alpha value is -1.90. The van der Waals surface area contributed by atoms with Gasteiger partial charge in [0, 0.05) is 10.6 Å². The van der Waals surface area contributed by atoms with Gasteiger partial charge in [-0.15, -0.1) is 0 Å². The molecule has 126 valence electrons. The Morgan fingerprint density at radius 3 is 2.83 bits per heavy atom. The van der Waals surface area contributed by atoms with E-state index in [0.717, 1.165) is 27.7 Å². The highest BCUT2D eigenvalue weighted by Gasteiger charge is 2.17. The van der Waals surface area contributed by atoms with Gasteiger partial charge in [0.25, 0.3) is 5.56 Å². The van der Waals surface area contributed by atoms with E-state index < -0.39 is 0 Å². The maximum absolute atomic E-state index is 12.6. The number of nitrogens with one attached hydrogen (secondary N) is 1. The Morgan fingerprint density at radius 1 is 1.33 bits per heavy atom. The molecule has 3 aromatic rings. The number of fused-ring (bicyclic) bond motifs is 1. The van der Waals surface area contributed by atoms with Crippen molar-refractivity contribution in [1.29, 1.82) is 0 Å². The highest BCUT2D eigenvalue weighted by Crippen LogP contribution is 2.30. The Kier molecular flexibility index (Phi) is 4.88. The summed E-state index contributed by atoms with van der Waals surface area (Å²) in [5, 5.41) is 4.45. The van der Waals surface area contributed by atoms with Crippen LogP contribution < -0.4 is 10.3 Å². The van der Waals surface area contributed by atoms with Gasteiger partial charge in [-0.3, -0.25) is 9.48 Å². The van der Waals surface area contributed by atoms with Crippen LogP contribution in [0.4, 0.5) is 0 Å². The number of aryl methyl sites for hydroxylation is 2. The summed E-state index contributed by atoms with van der Waals surface area (Å²) in [6.07, 6.45) is 1.74. The van der Waals surface area contributed by atoms with Crippen molar-refractivity contribution in [3.05, 3.63) is 37.8 Å². The average Bonchev–Trinajstić information content (AvgIpc) is 2.86. The smallest absolute Gasteiger partial charge is 0.277 e. The van der Waals surface area contributed by atoms with E-state index in [1.165, 1.54) is 0 Å². The van der Waals surface area contributed by atoms with Crippen LogP contribution in [0.3, 0.4) is 0 Å². The summed E-state index contributed by atoms with van der Waals surface area (Å²) >= 11 is 2.24. The molecule has 7 heteroatoms. The largest absolute Gasteiger partial charge is 0.493 e. The average molecular weight is 438 g/mol. The first-order chi connectivity index (χ1) is 11.5. The monoisotopic (exact) mass is 438 g/mol. The van der Waals surface area contributed by atoms with E-state index in [1.807, 2.05) is 25.1 Å². The molecule has 24 heavy (non-hydrogen) atoms. The van der Waals surface area contributed by atoms with Crippen molar-refractivity contribution in [2.24, 2.45) is 7.05 Å². The van der Waals surface area contributed by atoms with Crippen LogP contribution in [0.15, 0.2) is 23.0 Å². The number of benzene rings is 1. The van der Waals surface area contributed by atoms with Gasteiger partial charge in [0.05, 0.1) is 17.9 Å². The zero-order chi connectivity index (χ0) is 17.3. The number of aromatic amines is 1. The fraction of sp³-hybridized carbons (Fsp3) is 0.353. The summed E-state index contributed by atoms with van der Waals surface area (Å²) in [5.74, 6) is 1.22. The number of H-pyrrole nitrogens is 1. The predicted molar refractivity (Wildman–Crippen MR) is 102 cm³/mol. The van der Waals surface area contributed by atoms with Crippen LogP contribution in [-0.4, -0.2) is 26.4 Å². The SMILES string of the molecule is CCCc1nn(C)c2c(=O)[nH]c(-c3cc(I)ccc3OCC)nc12. The number of aromatic nitrogens is 4. The van der Waals surface area contributed by atoms with E-state index >= 15 is 0 Å². The fourth-order valence-corrected chi connectivity index (χ4v) is 3.24. The highest BCUT2D eigenvalue weighted by atomic mass is 127. The Labute approximate surface area is 153 Å². The van der Waals surface area contributed by atoms with Crippen LogP contribution in [0.25, 0.3) is 22.4 Å². The van der Waals surface area contributed by atoms with E-state index in [9.17, 15) is 4.79 Å². The first-order valence-corrected chi connectivity index (χ1v) is 9.01. The highest BCUT2D eigenvalue weighted by molar-refractivity contribution is 14.1. The molecule has 2 heterocycles. The minimum Gasteiger partial charge on any atom is -0.493 e. The van der Waals surface area contributed by atoms with Gasteiger partial charge in [-0.1, -0.05) is 13.3 Å². The quantitative estimate of drug-likeness (QED) is 0.621. The minimum atomic E-state index is -0.186. The number of hydrogen-bond acceptors (Lipinski definition) is 4. The zero-order valence-electron chi connectivity index (χ0n) is 13.9. The molecule has 0 fully saturated rings. The maximum atomic E-state index is 12.6. The van der Waals surface area contributed by atoms with Crippen molar-refractivity contribution in [3.8, 4) is 17.1 Å². The van der Waals surface area contributed by atoms with Crippen LogP contribution in [-0.2, 0) is 13.5 Å². The molecule has 1 N–H and O–H groups in total. The summed E-state index contributed by atoms with van der Waals surface area (Å²) in [7, 11) is 1.77. The van der Waals surface area contributed by atoms with Crippen LogP contribution in [0, 0.1) is 3.57 Å². The molecule has 0 radical (unpaired) electrons. The summed E-state index contributed by atoms with van der Waals surface area (Å²) in [6, 6.07) is 5.84. The number of rotatable bonds is 5. The standard InChI is InChI=1S/C17H19IN4O2/c1-4-6-12-14-15(22(3)21-12)17(23)20-16(19-14)11-9-10(18)7-8-13(11)24-5-2/h7-9H,4-6H2,1-3H3,(H,19,20,23). The molecular formula is C17H19IN4O2. The molecule has 0 unspecified atom stereocenters. The van der Waals surface area contributed by atoms with E-state index in [2.05, 4.69) is 39.6 Å². The molecular weight excluding hydrogens is 419 g/mol. The van der Waals surface area contributed by atoms with E-state index in [-0.39, 0.29) is 5.56 Å². The predicted octanol–water partition coefficient (Wildman–Crippen LogP) is 3.28. The number of hydrogen-bond donors (Lipinski definition) is 1. The summed E-state index contributed by atoms with van der Waals surface area (Å²) < 4.78 is 8.35. The molecule has 6 nitrogen and oxygen atoms in total. The summed E-state index contributed by atoms with van der Waals surface area (Å²) in [6.45, 7) is 4.57. The lowest BCUT2D eigenvalue weighted by Crippen LogP contribution is -2.12. The van der Waals surface area contributed by atoms with Crippen molar-refractivity contribution >= 4 is 33.6 Å². The number of halogens is 1. The molecule has 2 aromatic heterocycles. The second-order valence-corrected chi connectivity index (χ2v) is 6.75. The van der Waals surface area contributed by atoms with Gasteiger partial charge >= 0.3 is 0 Å². The third-order valence-electron chi connectivity index (χ3n) is 3.75. The third kappa shape index (κ3) is 3.04. The molecule has 0 atom stereocenters. The lowest BCUT2D eigenvalue weighted by Gasteiger charge is -2.10.